The molecule has 0 bridgehead atoms. The number of rotatable bonds is 5. The maximum Gasteiger partial charge on any atom is 0.216 e. The molecule has 5 nitrogen and oxygen atoms in total. The molecule has 0 fully saturated rings. The SMILES string of the molecule is N#Cc1ccc(CS(=O)(=O)NCC2=CCNCC2)cc1. The van der Waals surface area contributed by atoms with E-state index in [0.717, 1.165) is 25.1 Å². The molecule has 0 aliphatic carbocycles. The molecule has 0 aromatic heterocycles. The number of hydrogen-bond donors (Lipinski definition) is 2. The minimum atomic E-state index is -3.35. The van der Waals surface area contributed by atoms with E-state index in [4.69, 9.17) is 5.26 Å². The summed E-state index contributed by atoms with van der Waals surface area (Å²) in [5.41, 5.74) is 2.32. The first-order valence-corrected chi connectivity index (χ1v) is 8.09. The minimum absolute atomic E-state index is 0.0652. The van der Waals surface area contributed by atoms with Crippen LogP contribution < -0.4 is 10.0 Å². The van der Waals surface area contributed by atoms with Gasteiger partial charge in [0.25, 0.3) is 0 Å². The Morgan fingerprint density at radius 3 is 2.65 bits per heavy atom. The fourth-order valence-electron chi connectivity index (χ4n) is 1.98. The largest absolute Gasteiger partial charge is 0.313 e. The molecule has 0 radical (unpaired) electrons. The molecule has 1 aliphatic rings. The van der Waals surface area contributed by atoms with Crippen LogP contribution in [0.4, 0.5) is 0 Å². The lowest BCUT2D eigenvalue weighted by Crippen LogP contribution is -2.30. The normalized spacial score (nSPS) is 15.4. The second-order valence-electron chi connectivity index (χ2n) is 4.71. The van der Waals surface area contributed by atoms with Gasteiger partial charge in [-0.2, -0.15) is 5.26 Å². The maximum absolute atomic E-state index is 12.0. The summed E-state index contributed by atoms with van der Waals surface area (Å²) in [6.45, 7) is 2.07. The van der Waals surface area contributed by atoms with Crippen molar-refractivity contribution < 1.29 is 8.42 Å². The van der Waals surface area contributed by atoms with E-state index in [1.165, 1.54) is 0 Å². The van der Waals surface area contributed by atoms with Crippen LogP contribution in [0.3, 0.4) is 0 Å². The highest BCUT2D eigenvalue weighted by Gasteiger charge is 2.12. The molecule has 6 heteroatoms. The van der Waals surface area contributed by atoms with E-state index in [-0.39, 0.29) is 5.75 Å². The van der Waals surface area contributed by atoms with Crippen molar-refractivity contribution in [2.45, 2.75) is 12.2 Å². The van der Waals surface area contributed by atoms with Gasteiger partial charge in [-0.3, -0.25) is 0 Å². The van der Waals surface area contributed by atoms with Crippen molar-refractivity contribution in [3.8, 4) is 6.07 Å². The van der Waals surface area contributed by atoms with Crippen LogP contribution in [0.25, 0.3) is 0 Å². The summed E-state index contributed by atoms with van der Waals surface area (Å²) < 4.78 is 26.6. The third-order valence-electron chi connectivity index (χ3n) is 3.12. The van der Waals surface area contributed by atoms with Gasteiger partial charge in [0.15, 0.2) is 0 Å². The Labute approximate surface area is 119 Å². The topological polar surface area (TPSA) is 82.0 Å². The summed E-state index contributed by atoms with van der Waals surface area (Å²) in [5, 5.41) is 11.9. The van der Waals surface area contributed by atoms with Gasteiger partial charge in [-0.05, 0) is 30.7 Å². The first kappa shape index (κ1) is 14.7. The van der Waals surface area contributed by atoms with E-state index in [2.05, 4.69) is 10.0 Å². The van der Waals surface area contributed by atoms with Gasteiger partial charge >= 0.3 is 0 Å². The highest BCUT2D eigenvalue weighted by molar-refractivity contribution is 7.88. The van der Waals surface area contributed by atoms with Gasteiger partial charge in [0.1, 0.15) is 0 Å². The van der Waals surface area contributed by atoms with Crippen molar-refractivity contribution >= 4 is 10.0 Å². The molecule has 1 heterocycles. The summed E-state index contributed by atoms with van der Waals surface area (Å²) in [6.07, 6.45) is 2.90. The first-order valence-electron chi connectivity index (χ1n) is 6.44. The highest BCUT2D eigenvalue weighted by atomic mass is 32.2. The molecule has 106 valence electrons. The number of nitrogens with zero attached hydrogens (tertiary/aromatic N) is 1. The first-order chi connectivity index (χ1) is 9.59. The lowest BCUT2D eigenvalue weighted by molar-refractivity contribution is 0.581. The van der Waals surface area contributed by atoms with Crippen molar-refractivity contribution in [2.75, 3.05) is 19.6 Å². The van der Waals surface area contributed by atoms with Gasteiger partial charge in [-0.25, -0.2) is 13.1 Å². The number of nitriles is 1. The average Bonchev–Trinajstić information content (AvgIpc) is 2.47. The van der Waals surface area contributed by atoms with Crippen LogP contribution in [-0.2, 0) is 15.8 Å². The molecule has 1 aromatic rings. The van der Waals surface area contributed by atoms with E-state index < -0.39 is 10.0 Å². The molecule has 2 rings (SSSR count). The van der Waals surface area contributed by atoms with Crippen LogP contribution in [-0.4, -0.2) is 28.1 Å². The maximum atomic E-state index is 12.0. The Balaban J connectivity index is 1.93. The van der Waals surface area contributed by atoms with Crippen molar-refractivity contribution in [1.29, 1.82) is 5.26 Å². The van der Waals surface area contributed by atoms with Crippen molar-refractivity contribution in [2.24, 2.45) is 0 Å². The van der Waals surface area contributed by atoms with E-state index in [9.17, 15) is 8.42 Å². The molecule has 0 unspecified atom stereocenters. The zero-order valence-electron chi connectivity index (χ0n) is 11.1. The molecule has 2 N–H and O–H groups in total. The summed E-state index contributed by atoms with van der Waals surface area (Å²) in [5.74, 6) is -0.0652. The van der Waals surface area contributed by atoms with E-state index in [0.29, 0.717) is 17.7 Å². The number of sulfonamides is 1. The number of benzene rings is 1. The zero-order chi connectivity index (χ0) is 14.4. The predicted molar refractivity (Wildman–Crippen MR) is 77.4 cm³/mol. The minimum Gasteiger partial charge on any atom is -0.313 e. The van der Waals surface area contributed by atoms with Crippen LogP contribution >= 0.6 is 0 Å². The molecular weight excluding hydrogens is 274 g/mol. The molecule has 0 spiro atoms. The number of hydrogen-bond acceptors (Lipinski definition) is 4. The van der Waals surface area contributed by atoms with Gasteiger partial charge in [0.05, 0.1) is 17.4 Å². The highest BCUT2D eigenvalue weighted by Crippen LogP contribution is 2.08. The molecule has 0 saturated carbocycles. The van der Waals surface area contributed by atoms with Gasteiger partial charge in [0.2, 0.25) is 10.0 Å². The third-order valence-corrected chi connectivity index (χ3v) is 4.41. The average molecular weight is 291 g/mol. The summed E-state index contributed by atoms with van der Waals surface area (Å²) >= 11 is 0. The predicted octanol–water partition coefficient (Wildman–Crippen LogP) is 0.897. The van der Waals surface area contributed by atoms with E-state index >= 15 is 0 Å². The van der Waals surface area contributed by atoms with Gasteiger partial charge in [-0.15, -0.1) is 0 Å². The Kier molecular flexibility index (Phi) is 4.90. The van der Waals surface area contributed by atoms with E-state index in [1.54, 1.807) is 24.3 Å². The Bertz CT molecular complexity index is 627. The molecule has 1 aliphatic heterocycles. The van der Waals surface area contributed by atoms with E-state index in [1.807, 2.05) is 12.1 Å². The molecule has 0 atom stereocenters. The van der Waals surface area contributed by atoms with Crippen LogP contribution in [0.1, 0.15) is 17.5 Å². The second-order valence-corrected chi connectivity index (χ2v) is 6.51. The standard InChI is InChI=1S/C14H17N3O2S/c15-9-12-1-3-14(4-2-12)11-20(18,19)17-10-13-5-7-16-8-6-13/h1-5,16-17H,6-8,10-11H2. The quantitative estimate of drug-likeness (QED) is 0.790. The summed E-state index contributed by atoms with van der Waals surface area (Å²) in [4.78, 5) is 0. The van der Waals surface area contributed by atoms with Crippen LogP contribution in [0.2, 0.25) is 0 Å². The monoisotopic (exact) mass is 291 g/mol. The van der Waals surface area contributed by atoms with Gasteiger partial charge in [-0.1, -0.05) is 23.8 Å². The second kappa shape index (κ2) is 6.66. The smallest absolute Gasteiger partial charge is 0.216 e. The van der Waals surface area contributed by atoms with Crippen molar-refractivity contribution in [3.05, 3.63) is 47.0 Å². The van der Waals surface area contributed by atoms with Crippen molar-refractivity contribution in [3.63, 3.8) is 0 Å². The lowest BCUT2D eigenvalue weighted by Gasteiger charge is -2.14. The van der Waals surface area contributed by atoms with Crippen LogP contribution in [0, 0.1) is 11.3 Å². The molecule has 1 aromatic carbocycles. The molecule has 0 amide bonds. The summed E-state index contributed by atoms with van der Waals surface area (Å²) in [6, 6.07) is 8.59. The van der Waals surface area contributed by atoms with Gasteiger partial charge < -0.3 is 5.32 Å². The number of nitrogens with one attached hydrogen (secondary N) is 2. The fraction of sp³-hybridized carbons (Fsp3) is 0.357. The summed E-state index contributed by atoms with van der Waals surface area (Å²) in [7, 11) is -3.35. The molecule has 0 saturated heterocycles. The Hall–Kier alpha value is -1.68. The fourth-order valence-corrected chi connectivity index (χ4v) is 3.12. The Morgan fingerprint density at radius 2 is 2.05 bits per heavy atom. The lowest BCUT2D eigenvalue weighted by atomic mass is 10.1. The van der Waals surface area contributed by atoms with Crippen LogP contribution in [0.5, 0.6) is 0 Å². The van der Waals surface area contributed by atoms with Gasteiger partial charge in [0, 0.05) is 13.1 Å². The Morgan fingerprint density at radius 1 is 1.30 bits per heavy atom. The zero-order valence-corrected chi connectivity index (χ0v) is 11.9. The third kappa shape index (κ3) is 4.46. The molecule has 20 heavy (non-hydrogen) atoms. The van der Waals surface area contributed by atoms with Crippen molar-refractivity contribution in [1.82, 2.24) is 10.0 Å². The van der Waals surface area contributed by atoms with Crippen LogP contribution in [0.15, 0.2) is 35.9 Å². The molecular formula is C14H17N3O2S.